The highest BCUT2D eigenvalue weighted by molar-refractivity contribution is 5.81. The van der Waals surface area contributed by atoms with Crippen LogP contribution in [-0.2, 0) is 17.1 Å². The van der Waals surface area contributed by atoms with Crippen molar-refractivity contribution in [3.8, 4) is 0 Å². The third-order valence-corrected chi connectivity index (χ3v) is 7.38. The molecule has 0 spiro atoms. The highest BCUT2D eigenvalue weighted by Gasteiger charge is 2.46. The van der Waals surface area contributed by atoms with Crippen molar-refractivity contribution in [1.29, 1.82) is 0 Å². The number of hydrogen-bond donors (Lipinski definition) is 0. The van der Waals surface area contributed by atoms with Crippen molar-refractivity contribution in [2.24, 2.45) is 0 Å². The van der Waals surface area contributed by atoms with Gasteiger partial charge in [-0.15, -0.1) is 0 Å². The fraction of sp³-hybridized carbons (Fsp3) is 0.462. The van der Waals surface area contributed by atoms with Crippen LogP contribution >= 0.6 is 0 Å². The fourth-order valence-electron chi connectivity index (χ4n) is 5.26. The summed E-state index contributed by atoms with van der Waals surface area (Å²) >= 11 is 0. The summed E-state index contributed by atoms with van der Waals surface area (Å²) in [7, 11) is 1.36. The van der Waals surface area contributed by atoms with Gasteiger partial charge in [-0.1, -0.05) is 24.3 Å². The van der Waals surface area contributed by atoms with Crippen LogP contribution in [0.15, 0.2) is 42.5 Å². The van der Waals surface area contributed by atoms with Crippen LogP contribution in [0.25, 0.3) is 0 Å². The van der Waals surface area contributed by atoms with E-state index >= 15 is 0 Å². The largest absolute Gasteiger partial charge is 0.416 e. The summed E-state index contributed by atoms with van der Waals surface area (Å²) in [6.07, 6.45) is -9.08. The molecule has 2 aliphatic rings. The molecule has 0 aromatic heterocycles. The van der Waals surface area contributed by atoms with Gasteiger partial charge in [0, 0.05) is 26.6 Å². The van der Waals surface area contributed by atoms with E-state index in [1.165, 1.54) is 14.0 Å². The smallest absolute Gasteiger partial charge is 0.335 e. The molecule has 0 N–H and O–H groups in total. The molecule has 37 heavy (non-hydrogen) atoms. The van der Waals surface area contributed by atoms with Crippen molar-refractivity contribution < 1.29 is 35.9 Å². The minimum Gasteiger partial charge on any atom is -0.335 e. The lowest BCUT2D eigenvalue weighted by atomic mass is 9.91. The number of hydrogen-bond acceptors (Lipinski definition) is 2. The predicted octanol–water partition coefficient (Wildman–Crippen LogP) is 6.19. The number of aryl methyl sites for hydroxylation is 1. The molecule has 2 heterocycles. The monoisotopic (exact) mass is 527 g/mol. The molecule has 0 unspecified atom stereocenters. The Morgan fingerprint density at radius 1 is 1.00 bits per heavy atom. The number of fused-ring (bicyclic) bond motifs is 1. The Kier molecular flexibility index (Phi) is 6.94. The molecular formula is C26H27F6N3O2. The van der Waals surface area contributed by atoms with Crippen LogP contribution < -0.4 is 0 Å². The van der Waals surface area contributed by atoms with E-state index in [1.807, 2.05) is 31.2 Å². The molecule has 2 aromatic carbocycles. The lowest BCUT2D eigenvalue weighted by Gasteiger charge is -2.47. The molecule has 200 valence electrons. The van der Waals surface area contributed by atoms with E-state index in [0.29, 0.717) is 31.5 Å². The van der Waals surface area contributed by atoms with E-state index < -0.39 is 41.6 Å². The van der Waals surface area contributed by atoms with E-state index in [9.17, 15) is 35.9 Å². The number of carbonyl (C=O) groups excluding carboxylic acids is 2. The van der Waals surface area contributed by atoms with Gasteiger partial charge in [-0.2, -0.15) is 26.3 Å². The molecule has 3 atom stereocenters. The van der Waals surface area contributed by atoms with Gasteiger partial charge in [0.2, 0.25) is 5.91 Å². The Bertz CT molecular complexity index is 1160. The normalized spacial score (nSPS) is 21.2. The number of nitrogens with zero attached hydrogens (tertiary/aromatic N) is 3. The van der Waals surface area contributed by atoms with Crippen LogP contribution in [0.3, 0.4) is 0 Å². The first-order valence-corrected chi connectivity index (χ1v) is 11.9. The zero-order valence-corrected chi connectivity index (χ0v) is 20.5. The number of rotatable bonds is 3. The van der Waals surface area contributed by atoms with Crippen molar-refractivity contribution >= 4 is 11.9 Å². The third-order valence-electron chi connectivity index (χ3n) is 7.38. The molecule has 0 aliphatic carbocycles. The Hall–Kier alpha value is -3.24. The van der Waals surface area contributed by atoms with Gasteiger partial charge in [-0.25, -0.2) is 4.79 Å². The summed E-state index contributed by atoms with van der Waals surface area (Å²) in [5.41, 5.74) is -1.38. The Labute approximate surface area is 210 Å². The first kappa shape index (κ1) is 26.8. The van der Waals surface area contributed by atoms with Crippen molar-refractivity contribution in [2.75, 3.05) is 20.1 Å². The summed E-state index contributed by atoms with van der Waals surface area (Å²) in [5.74, 6) is 0.000974. The van der Waals surface area contributed by atoms with E-state index in [2.05, 4.69) is 0 Å². The second-order valence-electron chi connectivity index (χ2n) is 9.60. The summed E-state index contributed by atoms with van der Waals surface area (Å²) in [4.78, 5) is 30.7. The van der Waals surface area contributed by atoms with E-state index in [0.717, 1.165) is 16.0 Å². The molecule has 11 heteroatoms. The highest BCUT2D eigenvalue weighted by Crippen LogP contribution is 2.41. The predicted molar refractivity (Wildman–Crippen MR) is 123 cm³/mol. The van der Waals surface area contributed by atoms with Crippen molar-refractivity contribution in [2.45, 2.75) is 57.2 Å². The van der Waals surface area contributed by atoms with Gasteiger partial charge in [0.05, 0.1) is 29.3 Å². The maximum absolute atomic E-state index is 13.7. The number of benzene rings is 2. The van der Waals surface area contributed by atoms with Gasteiger partial charge in [0.1, 0.15) is 0 Å². The van der Waals surface area contributed by atoms with Crippen LogP contribution in [0, 0.1) is 6.92 Å². The van der Waals surface area contributed by atoms with Gasteiger partial charge < -0.3 is 14.7 Å². The molecule has 5 nitrogen and oxygen atoms in total. The van der Waals surface area contributed by atoms with Crippen LogP contribution in [0.1, 0.15) is 59.7 Å². The molecule has 4 rings (SSSR count). The SMILES string of the molecule is Cc1ccccc1[C@@H]1[C@H]2CCC(=O)N2CCN1C(=O)N(C)[C@H](C)c1cc(C(F)(F)F)cc(C(F)(F)F)c1. The summed E-state index contributed by atoms with van der Waals surface area (Å²) in [5, 5.41) is 0. The second-order valence-corrected chi connectivity index (χ2v) is 9.60. The maximum atomic E-state index is 13.7. The maximum Gasteiger partial charge on any atom is 0.416 e. The van der Waals surface area contributed by atoms with Crippen LogP contribution in [0.4, 0.5) is 31.1 Å². The van der Waals surface area contributed by atoms with Crippen LogP contribution in [0.5, 0.6) is 0 Å². The zero-order valence-electron chi connectivity index (χ0n) is 20.5. The quantitative estimate of drug-likeness (QED) is 0.447. The fourth-order valence-corrected chi connectivity index (χ4v) is 5.26. The molecule has 3 amide bonds. The molecule has 2 aromatic rings. The topological polar surface area (TPSA) is 43.9 Å². The Morgan fingerprint density at radius 2 is 1.59 bits per heavy atom. The minimum atomic E-state index is -4.99. The standard InChI is InChI=1S/C26H27F6N3O2/c1-15-6-4-5-7-20(15)23-21-8-9-22(36)34(21)10-11-35(23)24(37)33(3)16(2)17-12-18(25(27,28)29)14-19(13-17)26(30,31)32/h4-7,12-14,16,21,23H,8-11H2,1-3H3/t16-,21-,23-/m1/s1. The molecule has 0 radical (unpaired) electrons. The number of alkyl halides is 6. The lowest BCUT2D eigenvalue weighted by Crippen LogP contribution is -2.57. The Morgan fingerprint density at radius 3 is 2.16 bits per heavy atom. The van der Waals surface area contributed by atoms with Crippen LogP contribution in [-0.4, -0.2) is 52.8 Å². The van der Waals surface area contributed by atoms with Crippen molar-refractivity contribution in [3.05, 3.63) is 70.3 Å². The van der Waals surface area contributed by atoms with Crippen molar-refractivity contribution in [3.63, 3.8) is 0 Å². The average Bonchev–Trinajstić information content (AvgIpc) is 3.22. The third kappa shape index (κ3) is 5.13. The second kappa shape index (κ2) is 9.57. The Balaban J connectivity index is 1.69. The molecule has 2 saturated heterocycles. The summed E-state index contributed by atoms with van der Waals surface area (Å²) < 4.78 is 80.4. The molecule has 0 saturated carbocycles. The number of halogens is 6. The molecule has 2 fully saturated rings. The molecular weight excluding hydrogens is 500 g/mol. The summed E-state index contributed by atoms with van der Waals surface area (Å²) in [6.45, 7) is 3.78. The lowest BCUT2D eigenvalue weighted by molar-refractivity contribution is -0.143. The van der Waals surface area contributed by atoms with E-state index in [-0.39, 0.29) is 30.1 Å². The van der Waals surface area contributed by atoms with Gasteiger partial charge in [0.25, 0.3) is 0 Å². The van der Waals surface area contributed by atoms with Crippen LogP contribution in [0.2, 0.25) is 0 Å². The van der Waals surface area contributed by atoms with Gasteiger partial charge in [-0.3, -0.25) is 4.79 Å². The minimum absolute atomic E-state index is 0.000974. The number of piperazine rings is 1. The molecule has 0 bridgehead atoms. The first-order chi connectivity index (χ1) is 17.2. The number of amides is 3. The summed E-state index contributed by atoms with van der Waals surface area (Å²) in [6, 6.07) is 6.44. The average molecular weight is 528 g/mol. The molecule has 2 aliphatic heterocycles. The number of carbonyl (C=O) groups is 2. The van der Waals surface area contributed by atoms with E-state index in [1.54, 1.807) is 9.80 Å². The van der Waals surface area contributed by atoms with Crippen molar-refractivity contribution in [1.82, 2.24) is 14.7 Å². The number of urea groups is 1. The van der Waals surface area contributed by atoms with E-state index in [4.69, 9.17) is 0 Å². The van der Waals surface area contributed by atoms with Gasteiger partial charge >= 0.3 is 18.4 Å². The van der Waals surface area contributed by atoms with Gasteiger partial charge in [-0.05, 0) is 55.2 Å². The van der Waals surface area contributed by atoms with Gasteiger partial charge in [0.15, 0.2) is 0 Å². The highest BCUT2D eigenvalue weighted by atomic mass is 19.4. The first-order valence-electron chi connectivity index (χ1n) is 11.9. The zero-order chi connectivity index (χ0) is 27.3.